The Morgan fingerprint density at radius 1 is 1.31 bits per heavy atom. The molecule has 0 fully saturated rings. The van der Waals surface area contributed by atoms with E-state index in [1.54, 1.807) is 6.92 Å². The molecule has 0 rings (SSSR count). The molecule has 0 heterocycles. The number of hydrogen-bond donors (Lipinski definition) is 1. The summed E-state index contributed by atoms with van der Waals surface area (Å²) >= 11 is 0. The largest absolute Gasteiger partial charge is 0.465 e. The molecule has 0 atom stereocenters. The highest BCUT2D eigenvalue weighted by Gasteiger charge is 2.04. The summed E-state index contributed by atoms with van der Waals surface area (Å²) in [6, 6.07) is 0. The van der Waals surface area contributed by atoms with Gasteiger partial charge < -0.3 is 10.1 Å². The van der Waals surface area contributed by atoms with Crippen LogP contribution in [0.2, 0.25) is 0 Å². The number of nitrogens with one attached hydrogen (secondary N) is 1. The van der Waals surface area contributed by atoms with Gasteiger partial charge in [-0.15, -0.1) is 0 Å². The van der Waals surface area contributed by atoms with Crippen molar-refractivity contribution < 1.29 is 14.3 Å². The molecule has 1 amide bonds. The highest BCUT2D eigenvalue weighted by molar-refractivity contribution is 5.81. The van der Waals surface area contributed by atoms with Crippen LogP contribution in [0.15, 0.2) is 0 Å². The lowest BCUT2D eigenvalue weighted by atomic mass is 10.2. The van der Waals surface area contributed by atoms with Crippen molar-refractivity contribution in [1.82, 2.24) is 5.32 Å². The summed E-state index contributed by atoms with van der Waals surface area (Å²) in [6.45, 7) is 4.08. The van der Waals surface area contributed by atoms with Gasteiger partial charge in [-0.25, -0.2) is 0 Å². The van der Waals surface area contributed by atoms with E-state index in [2.05, 4.69) is 10.1 Å². The van der Waals surface area contributed by atoms with Gasteiger partial charge in [0.25, 0.3) is 0 Å². The maximum Gasteiger partial charge on any atom is 0.325 e. The Balaban J connectivity index is 3.40. The van der Waals surface area contributed by atoms with Crippen LogP contribution in [-0.4, -0.2) is 25.0 Å². The molecule has 4 heteroatoms. The van der Waals surface area contributed by atoms with E-state index in [4.69, 9.17) is 0 Å². The minimum Gasteiger partial charge on any atom is -0.465 e. The number of esters is 1. The molecule has 13 heavy (non-hydrogen) atoms. The van der Waals surface area contributed by atoms with Gasteiger partial charge in [0, 0.05) is 6.42 Å². The van der Waals surface area contributed by atoms with E-state index >= 15 is 0 Å². The molecular weight excluding hydrogens is 170 g/mol. The zero-order valence-corrected chi connectivity index (χ0v) is 8.26. The van der Waals surface area contributed by atoms with Crippen LogP contribution in [0.3, 0.4) is 0 Å². The Kier molecular flexibility index (Phi) is 6.96. The topological polar surface area (TPSA) is 55.4 Å². The SMILES string of the molecule is CCCCC(=O)NCC(=O)OCC. The quantitative estimate of drug-likeness (QED) is 0.627. The Morgan fingerprint density at radius 3 is 2.54 bits per heavy atom. The average molecular weight is 187 g/mol. The van der Waals surface area contributed by atoms with Gasteiger partial charge in [0.15, 0.2) is 0 Å². The molecule has 76 valence electrons. The Morgan fingerprint density at radius 2 is 2.00 bits per heavy atom. The second-order valence-electron chi connectivity index (χ2n) is 2.69. The maximum atomic E-state index is 11.0. The Bertz CT molecular complexity index is 168. The van der Waals surface area contributed by atoms with E-state index in [0.29, 0.717) is 13.0 Å². The number of amides is 1. The van der Waals surface area contributed by atoms with Crippen LogP contribution in [0, 0.1) is 0 Å². The van der Waals surface area contributed by atoms with Gasteiger partial charge in [0.05, 0.1) is 6.61 Å². The molecule has 0 aliphatic heterocycles. The molecule has 0 saturated heterocycles. The van der Waals surface area contributed by atoms with Crippen molar-refractivity contribution in [3.63, 3.8) is 0 Å². The van der Waals surface area contributed by atoms with Crippen molar-refractivity contribution in [1.29, 1.82) is 0 Å². The summed E-state index contributed by atoms with van der Waals surface area (Å²) in [5.74, 6) is -0.470. The normalized spacial score (nSPS) is 9.38. The van der Waals surface area contributed by atoms with Crippen molar-refractivity contribution in [3.8, 4) is 0 Å². The number of unbranched alkanes of at least 4 members (excludes halogenated alkanes) is 1. The molecule has 0 bridgehead atoms. The lowest BCUT2D eigenvalue weighted by Gasteiger charge is -2.03. The van der Waals surface area contributed by atoms with Crippen LogP contribution < -0.4 is 5.32 Å². The van der Waals surface area contributed by atoms with Crippen molar-refractivity contribution in [2.45, 2.75) is 33.1 Å². The van der Waals surface area contributed by atoms with Crippen LogP contribution in [0.25, 0.3) is 0 Å². The molecule has 0 aromatic carbocycles. The van der Waals surface area contributed by atoms with E-state index in [0.717, 1.165) is 12.8 Å². The van der Waals surface area contributed by atoms with E-state index in [1.807, 2.05) is 6.92 Å². The highest BCUT2D eigenvalue weighted by atomic mass is 16.5. The van der Waals surface area contributed by atoms with Gasteiger partial charge in [-0.2, -0.15) is 0 Å². The van der Waals surface area contributed by atoms with Gasteiger partial charge in [-0.1, -0.05) is 13.3 Å². The van der Waals surface area contributed by atoms with Gasteiger partial charge in [0.1, 0.15) is 6.54 Å². The summed E-state index contributed by atoms with van der Waals surface area (Å²) in [5.41, 5.74) is 0. The molecule has 0 aliphatic rings. The fourth-order valence-electron chi connectivity index (χ4n) is 0.808. The summed E-state index contributed by atoms with van der Waals surface area (Å²) in [5, 5.41) is 2.49. The number of rotatable bonds is 6. The minimum absolute atomic E-state index is 0.0175. The number of ether oxygens (including phenoxy) is 1. The third kappa shape index (κ3) is 7.31. The Hall–Kier alpha value is -1.06. The number of carbonyl (C=O) groups excluding carboxylic acids is 2. The second-order valence-corrected chi connectivity index (χ2v) is 2.69. The number of hydrogen-bond acceptors (Lipinski definition) is 3. The van der Waals surface area contributed by atoms with Gasteiger partial charge >= 0.3 is 5.97 Å². The first-order valence-electron chi connectivity index (χ1n) is 4.63. The predicted molar refractivity (Wildman–Crippen MR) is 49.2 cm³/mol. The standard InChI is InChI=1S/C9H17NO3/c1-3-5-6-8(11)10-7-9(12)13-4-2/h3-7H2,1-2H3,(H,10,11). The average Bonchev–Trinajstić information content (AvgIpc) is 2.12. The Labute approximate surface area is 78.6 Å². The third-order valence-corrected chi connectivity index (χ3v) is 1.49. The predicted octanol–water partition coefficient (Wildman–Crippen LogP) is 0.856. The first-order chi connectivity index (χ1) is 6.20. The smallest absolute Gasteiger partial charge is 0.325 e. The molecule has 1 N–H and O–H groups in total. The van der Waals surface area contributed by atoms with Crippen LogP contribution in [0.4, 0.5) is 0 Å². The fourth-order valence-corrected chi connectivity index (χ4v) is 0.808. The van der Waals surface area contributed by atoms with Crippen LogP contribution in [0.5, 0.6) is 0 Å². The zero-order chi connectivity index (χ0) is 10.1. The highest BCUT2D eigenvalue weighted by Crippen LogP contribution is 1.92. The van der Waals surface area contributed by atoms with Crippen molar-refractivity contribution in [3.05, 3.63) is 0 Å². The van der Waals surface area contributed by atoms with E-state index < -0.39 is 0 Å². The first kappa shape index (κ1) is 11.9. The lowest BCUT2D eigenvalue weighted by Crippen LogP contribution is -2.30. The van der Waals surface area contributed by atoms with Gasteiger partial charge in [-0.05, 0) is 13.3 Å². The van der Waals surface area contributed by atoms with E-state index in [1.165, 1.54) is 0 Å². The molecule has 0 aliphatic carbocycles. The molecule has 0 spiro atoms. The summed E-state index contributed by atoms with van der Waals surface area (Å²) in [6.07, 6.45) is 2.32. The lowest BCUT2D eigenvalue weighted by molar-refractivity contribution is -0.143. The second kappa shape index (κ2) is 7.58. The molecular formula is C9H17NO3. The maximum absolute atomic E-state index is 11.0. The van der Waals surface area contributed by atoms with Crippen LogP contribution >= 0.6 is 0 Å². The summed E-state index contributed by atoms with van der Waals surface area (Å²) < 4.78 is 4.64. The molecule has 0 saturated carbocycles. The first-order valence-corrected chi connectivity index (χ1v) is 4.63. The third-order valence-electron chi connectivity index (χ3n) is 1.49. The van der Waals surface area contributed by atoms with E-state index in [9.17, 15) is 9.59 Å². The van der Waals surface area contributed by atoms with Crippen molar-refractivity contribution >= 4 is 11.9 Å². The molecule has 0 radical (unpaired) electrons. The number of carbonyl (C=O) groups is 2. The monoisotopic (exact) mass is 187 g/mol. The summed E-state index contributed by atoms with van der Waals surface area (Å²) in [7, 11) is 0. The fraction of sp³-hybridized carbons (Fsp3) is 0.778. The van der Waals surface area contributed by atoms with E-state index in [-0.39, 0.29) is 18.4 Å². The van der Waals surface area contributed by atoms with Gasteiger partial charge in [0.2, 0.25) is 5.91 Å². The van der Waals surface area contributed by atoms with Crippen LogP contribution in [0.1, 0.15) is 33.1 Å². The molecule has 0 aromatic rings. The molecule has 0 unspecified atom stereocenters. The molecule has 0 aromatic heterocycles. The zero-order valence-electron chi connectivity index (χ0n) is 8.26. The van der Waals surface area contributed by atoms with Crippen molar-refractivity contribution in [2.24, 2.45) is 0 Å². The minimum atomic E-state index is -0.382. The van der Waals surface area contributed by atoms with Crippen LogP contribution in [-0.2, 0) is 14.3 Å². The van der Waals surface area contributed by atoms with Gasteiger partial charge in [-0.3, -0.25) is 9.59 Å². The van der Waals surface area contributed by atoms with Crippen molar-refractivity contribution in [2.75, 3.05) is 13.2 Å². The summed E-state index contributed by atoms with van der Waals surface area (Å²) in [4.78, 5) is 21.8. The molecule has 4 nitrogen and oxygen atoms in total.